The molecule has 2 aromatic carbocycles. The zero-order chi connectivity index (χ0) is 22.4. The van der Waals surface area contributed by atoms with E-state index in [2.05, 4.69) is 26.6 Å². The van der Waals surface area contributed by atoms with E-state index in [1.54, 1.807) is 18.3 Å². The maximum Gasteiger partial charge on any atom is 0.123 e. The number of hydrogen-bond donors (Lipinski definition) is 1. The Hall–Kier alpha value is -2.90. The first-order valence-corrected chi connectivity index (χ1v) is 11.0. The summed E-state index contributed by atoms with van der Waals surface area (Å²) in [5.41, 5.74) is 0.329. The molecular weight excluding hydrogens is 409 g/mol. The van der Waals surface area contributed by atoms with E-state index in [0.29, 0.717) is 25.2 Å². The summed E-state index contributed by atoms with van der Waals surface area (Å²) in [6, 6.07) is 14.1. The van der Waals surface area contributed by atoms with Gasteiger partial charge in [0.25, 0.3) is 0 Å². The molecule has 0 radical (unpaired) electrons. The van der Waals surface area contributed by atoms with Gasteiger partial charge < -0.3 is 19.1 Å². The second-order valence-electron chi connectivity index (χ2n) is 8.41. The zero-order valence-corrected chi connectivity index (χ0v) is 18.4. The fraction of sp³-hybridized carbons (Fsp3) is 0.400. The minimum Gasteiger partial charge on any atom is -0.492 e. The first kappa shape index (κ1) is 22.3. The Bertz CT molecular complexity index is 998. The molecule has 1 aliphatic rings. The van der Waals surface area contributed by atoms with Gasteiger partial charge >= 0.3 is 0 Å². The Morgan fingerprint density at radius 3 is 2.56 bits per heavy atom. The lowest BCUT2D eigenvalue weighted by Crippen LogP contribution is -2.47. The number of ether oxygens (including phenoxy) is 2. The van der Waals surface area contributed by atoms with E-state index in [-0.39, 0.29) is 12.4 Å². The van der Waals surface area contributed by atoms with E-state index < -0.39 is 5.60 Å². The number of likely N-dealkylation sites (tertiary alicyclic amines) is 1. The summed E-state index contributed by atoms with van der Waals surface area (Å²) in [5, 5.41) is 10.9. The first-order valence-electron chi connectivity index (χ1n) is 11.0. The fourth-order valence-electron chi connectivity index (χ4n) is 3.91. The van der Waals surface area contributed by atoms with E-state index in [4.69, 9.17) is 9.47 Å². The number of aryl methyl sites for hydroxylation is 1. The molecule has 0 spiro atoms. The van der Waals surface area contributed by atoms with Gasteiger partial charge in [0.2, 0.25) is 0 Å². The highest BCUT2D eigenvalue weighted by molar-refractivity contribution is 5.28. The van der Waals surface area contributed by atoms with Crippen LogP contribution in [0.2, 0.25) is 0 Å². The van der Waals surface area contributed by atoms with Gasteiger partial charge in [0, 0.05) is 32.0 Å². The van der Waals surface area contributed by atoms with Crippen molar-refractivity contribution in [1.29, 1.82) is 0 Å². The van der Waals surface area contributed by atoms with Crippen LogP contribution in [0.5, 0.6) is 11.5 Å². The van der Waals surface area contributed by atoms with Gasteiger partial charge in [-0.05, 0) is 61.7 Å². The Morgan fingerprint density at radius 1 is 1.06 bits per heavy atom. The number of aliphatic hydroxyl groups is 1. The van der Waals surface area contributed by atoms with Crippen molar-refractivity contribution < 1.29 is 19.0 Å². The van der Waals surface area contributed by atoms with E-state index in [0.717, 1.165) is 37.8 Å². The second-order valence-corrected chi connectivity index (χ2v) is 8.41. The molecular formula is C25H30FN3O3. The molecule has 4 rings (SSSR count). The number of aromatic nitrogens is 2. The Balaban J connectivity index is 1.22. The van der Waals surface area contributed by atoms with Crippen LogP contribution in [-0.2, 0) is 13.1 Å². The third kappa shape index (κ3) is 6.08. The van der Waals surface area contributed by atoms with Crippen molar-refractivity contribution in [3.63, 3.8) is 0 Å². The molecule has 7 heteroatoms. The van der Waals surface area contributed by atoms with E-state index in [1.807, 2.05) is 25.3 Å². The van der Waals surface area contributed by atoms with Crippen molar-refractivity contribution in [3.8, 4) is 11.5 Å². The van der Waals surface area contributed by atoms with Gasteiger partial charge in [0.05, 0.1) is 6.54 Å². The Kier molecular flexibility index (Phi) is 7.07. The monoisotopic (exact) mass is 439 g/mol. The maximum absolute atomic E-state index is 13.0. The molecule has 0 saturated carbocycles. The molecule has 0 unspecified atom stereocenters. The van der Waals surface area contributed by atoms with Gasteiger partial charge in [-0.1, -0.05) is 12.1 Å². The first-order chi connectivity index (χ1) is 15.5. The highest BCUT2D eigenvalue weighted by Crippen LogP contribution is 2.25. The molecule has 1 N–H and O–H groups in total. The Morgan fingerprint density at radius 2 is 1.84 bits per heavy atom. The van der Waals surface area contributed by atoms with Crippen LogP contribution in [0.15, 0.2) is 60.9 Å². The summed E-state index contributed by atoms with van der Waals surface area (Å²) in [6.45, 7) is 5.93. The van der Waals surface area contributed by atoms with Crippen LogP contribution in [0.4, 0.5) is 4.39 Å². The number of piperidine rings is 1. The maximum atomic E-state index is 13.0. The highest BCUT2D eigenvalue weighted by atomic mass is 19.1. The number of halogens is 1. The third-order valence-corrected chi connectivity index (χ3v) is 5.94. The standard InChI is InChI=1S/C25H30FN3O3/c1-20-27-11-14-29(20)15-16-31-24-4-2-3-21(17-24)18-28-12-9-25(30,10-13-28)19-32-23-7-5-22(26)6-8-23/h2-8,11,14,17,30H,9-10,12-13,15-16,18-19H2,1H3. The molecule has 0 bridgehead atoms. The lowest BCUT2D eigenvalue weighted by Gasteiger charge is -2.38. The average molecular weight is 440 g/mol. The number of benzene rings is 2. The summed E-state index contributed by atoms with van der Waals surface area (Å²) in [6.07, 6.45) is 5.02. The fourth-order valence-corrected chi connectivity index (χ4v) is 3.91. The molecule has 1 aliphatic heterocycles. The molecule has 2 heterocycles. The third-order valence-electron chi connectivity index (χ3n) is 5.94. The van der Waals surface area contributed by atoms with Gasteiger partial charge in [-0.2, -0.15) is 0 Å². The van der Waals surface area contributed by atoms with Crippen LogP contribution < -0.4 is 9.47 Å². The Labute approximate surface area is 188 Å². The van der Waals surface area contributed by atoms with Crippen molar-refractivity contribution in [3.05, 3.63) is 78.1 Å². The summed E-state index contributed by atoms with van der Waals surface area (Å²) in [7, 11) is 0. The largest absolute Gasteiger partial charge is 0.492 e. The summed E-state index contributed by atoms with van der Waals surface area (Å²) in [5.74, 6) is 2.12. The van der Waals surface area contributed by atoms with Gasteiger partial charge in [0.1, 0.15) is 42.0 Å². The van der Waals surface area contributed by atoms with Crippen LogP contribution in [-0.4, -0.2) is 51.5 Å². The molecule has 0 amide bonds. The SMILES string of the molecule is Cc1nccn1CCOc1cccc(CN2CCC(O)(COc3ccc(F)cc3)CC2)c1. The van der Waals surface area contributed by atoms with Crippen molar-refractivity contribution in [2.75, 3.05) is 26.3 Å². The zero-order valence-electron chi connectivity index (χ0n) is 18.4. The molecule has 6 nitrogen and oxygen atoms in total. The molecule has 0 aliphatic carbocycles. The second kappa shape index (κ2) is 10.1. The molecule has 1 fully saturated rings. The smallest absolute Gasteiger partial charge is 0.123 e. The predicted molar refractivity (Wildman–Crippen MR) is 120 cm³/mol. The summed E-state index contributed by atoms with van der Waals surface area (Å²) in [4.78, 5) is 6.56. The van der Waals surface area contributed by atoms with Crippen LogP contribution in [0.1, 0.15) is 24.2 Å². The van der Waals surface area contributed by atoms with Gasteiger partial charge in [-0.25, -0.2) is 9.37 Å². The topological polar surface area (TPSA) is 59.8 Å². The summed E-state index contributed by atoms with van der Waals surface area (Å²) >= 11 is 0. The summed E-state index contributed by atoms with van der Waals surface area (Å²) < 4.78 is 26.7. The number of nitrogens with zero attached hydrogens (tertiary/aromatic N) is 3. The van der Waals surface area contributed by atoms with Crippen LogP contribution in [0.25, 0.3) is 0 Å². The average Bonchev–Trinajstić information content (AvgIpc) is 3.20. The van der Waals surface area contributed by atoms with Crippen molar-refractivity contribution in [1.82, 2.24) is 14.5 Å². The van der Waals surface area contributed by atoms with Crippen molar-refractivity contribution >= 4 is 0 Å². The minimum absolute atomic E-state index is 0.214. The van der Waals surface area contributed by atoms with Crippen LogP contribution in [0, 0.1) is 12.7 Å². The normalized spacial score (nSPS) is 16.1. The highest BCUT2D eigenvalue weighted by Gasteiger charge is 2.33. The molecule has 0 atom stereocenters. The van der Waals surface area contributed by atoms with Gasteiger partial charge in [0.15, 0.2) is 0 Å². The van der Waals surface area contributed by atoms with Crippen LogP contribution in [0.3, 0.4) is 0 Å². The van der Waals surface area contributed by atoms with E-state index in [9.17, 15) is 9.50 Å². The number of hydrogen-bond acceptors (Lipinski definition) is 5. The quantitative estimate of drug-likeness (QED) is 0.549. The van der Waals surface area contributed by atoms with Gasteiger partial charge in [-0.15, -0.1) is 0 Å². The van der Waals surface area contributed by atoms with Crippen molar-refractivity contribution in [2.24, 2.45) is 0 Å². The molecule has 170 valence electrons. The molecule has 1 aromatic heterocycles. The van der Waals surface area contributed by atoms with Crippen molar-refractivity contribution in [2.45, 2.75) is 38.5 Å². The lowest BCUT2D eigenvalue weighted by molar-refractivity contribution is -0.0537. The predicted octanol–water partition coefficient (Wildman–Crippen LogP) is 3.82. The number of rotatable bonds is 9. The van der Waals surface area contributed by atoms with Crippen LogP contribution >= 0.6 is 0 Å². The molecule has 1 saturated heterocycles. The lowest BCUT2D eigenvalue weighted by atomic mass is 9.92. The molecule has 3 aromatic rings. The minimum atomic E-state index is -0.860. The van der Waals surface area contributed by atoms with Gasteiger partial charge in [-0.3, -0.25) is 4.90 Å². The van der Waals surface area contributed by atoms with E-state index in [1.165, 1.54) is 17.7 Å². The van der Waals surface area contributed by atoms with E-state index >= 15 is 0 Å². The number of imidazole rings is 1. The molecule has 32 heavy (non-hydrogen) atoms.